The molecule has 88 valence electrons. The van der Waals surface area contributed by atoms with E-state index in [1.54, 1.807) is 12.1 Å². The van der Waals surface area contributed by atoms with Crippen molar-refractivity contribution in [2.24, 2.45) is 0 Å². The van der Waals surface area contributed by atoms with Crippen molar-refractivity contribution in [2.45, 2.75) is 0 Å². The fraction of sp³-hybridized carbons (Fsp3) is 0.333. The summed E-state index contributed by atoms with van der Waals surface area (Å²) in [5.41, 5.74) is 0.519. The maximum atomic E-state index is 10.8. The van der Waals surface area contributed by atoms with E-state index in [-0.39, 0.29) is 5.69 Å². The highest BCUT2D eigenvalue weighted by atomic mass is 127. The molecule has 1 aromatic carbocycles. The summed E-state index contributed by atoms with van der Waals surface area (Å²) in [5.74, 6) is 0.593. The number of methoxy groups -OCH3 is 1. The van der Waals surface area contributed by atoms with Crippen LogP contribution in [0.4, 0.5) is 11.4 Å². The normalized spacial score (nSPS) is 9.88. The Labute approximate surface area is 107 Å². The molecule has 0 aromatic heterocycles. The number of nitrogens with zero attached hydrogens (tertiary/aromatic N) is 1. The van der Waals surface area contributed by atoms with Crippen LogP contribution in [0.5, 0.6) is 5.75 Å². The fourth-order valence-electron chi connectivity index (χ4n) is 1.19. The molecule has 0 atom stereocenters. The predicted octanol–water partition coefficient (Wildman–Crippen LogP) is 1.95. The first kappa shape index (κ1) is 13.0. The largest absolute Gasteiger partial charge is 0.497 e. The minimum absolute atomic E-state index is 0.0502. The molecule has 7 heteroatoms. The number of hydrogen-bond acceptors (Lipinski definition) is 5. The lowest BCUT2D eigenvalue weighted by atomic mass is 10.2. The molecule has 0 radical (unpaired) electrons. The summed E-state index contributed by atoms with van der Waals surface area (Å²) in [7, 11) is 1.53. The zero-order chi connectivity index (χ0) is 12.0. The monoisotopic (exact) mass is 337 g/mol. The lowest BCUT2D eigenvalue weighted by Gasteiger charge is -2.08. The van der Waals surface area contributed by atoms with Crippen molar-refractivity contribution in [3.8, 4) is 5.75 Å². The Bertz CT molecular complexity index is 373. The molecule has 6 nitrogen and oxygen atoms in total. The Balaban J connectivity index is 2.87. The summed E-state index contributed by atoms with van der Waals surface area (Å²) in [5, 5.41) is 13.7. The van der Waals surface area contributed by atoms with Gasteiger partial charge in [0, 0.05) is 48.1 Å². The molecule has 0 aliphatic carbocycles. The number of nitro benzene ring substituents is 1. The number of hydrogen-bond donors (Lipinski definition) is 2. The molecule has 1 aromatic rings. The highest BCUT2D eigenvalue weighted by Crippen LogP contribution is 2.28. The van der Waals surface area contributed by atoms with Crippen LogP contribution in [0.2, 0.25) is 0 Å². The first-order valence-corrected chi connectivity index (χ1v) is 5.66. The number of anilines is 1. The van der Waals surface area contributed by atoms with Crippen LogP contribution < -0.4 is 13.6 Å². The van der Waals surface area contributed by atoms with Crippen LogP contribution in [-0.4, -0.2) is 25.1 Å². The van der Waals surface area contributed by atoms with E-state index >= 15 is 0 Å². The first-order valence-electron chi connectivity index (χ1n) is 4.59. The zero-order valence-electron chi connectivity index (χ0n) is 8.70. The minimum atomic E-state index is -0.417. The summed E-state index contributed by atoms with van der Waals surface area (Å²) < 4.78 is 7.94. The highest BCUT2D eigenvalue weighted by Gasteiger charge is 2.13. The van der Waals surface area contributed by atoms with Crippen molar-refractivity contribution in [3.05, 3.63) is 28.3 Å². The lowest BCUT2D eigenvalue weighted by molar-refractivity contribution is -0.384. The van der Waals surface area contributed by atoms with Gasteiger partial charge in [0.2, 0.25) is 0 Å². The molecule has 1 rings (SSSR count). The minimum Gasteiger partial charge on any atom is -0.497 e. The Morgan fingerprint density at radius 1 is 1.50 bits per heavy atom. The van der Waals surface area contributed by atoms with Gasteiger partial charge in [0.15, 0.2) is 0 Å². The van der Waals surface area contributed by atoms with E-state index in [9.17, 15) is 10.1 Å². The second kappa shape index (κ2) is 6.48. The number of rotatable bonds is 6. The summed E-state index contributed by atoms with van der Waals surface area (Å²) in [4.78, 5) is 10.3. The number of benzene rings is 1. The third kappa shape index (κ3) is 3.49. The van der Waals surface area contributed by atoms with E-state index in [4.69, 9.17) is 4.74 Å². The Morgan fingerprint density at radius 2 is 2.25 bits per heavy atom. The second-order valence-electron chi connectivity index (χ2n) is 2.95. The molecule has 0 saturated heterocycles. The van der Waals surface area contributed by atoms with Gasteiger partial charge >= 0.3 is 0 Å². The molecular formula is C9H12IN3O3. The van der Waals surface area contributed by atoms with E-state index in [1.165, 1.54) is 13.2 Å². The molecular weight excluding hydrogens is 325 g/mol. The number of halogens is 1. The van der Waals surface area contributed by atoms with E-state index in [1.807, 2.05) is 22.9 Å². The summed E-state index contributed by atoms with van der Waals surface area (Å²) in [6.07, 6.45) is 0. The molecule has 0 heterocycles. The second-order valence-corrected chi connectivity index (χ2v) is 3.71. The number of nitro groups is 1. The average molecular weight is 337 g/mol. The van der Waals surface area contributed by atoms with Crippen LogP contribution in [0, 0.1) is 10.1 Å². The third-order valence-corrected chi connectivity index (χ3v) is 2.47. The molecule has 16 heavy (non-hydrogen) atoms. The molecule has 0 bridgehead atoms. The summed E-state index contributed by atoms with van der Waals surface area (Å²) in [6, 6.07) is 4.61. The van der Waals surface area contributed by atoms with Gasteiger partial charge in [-0.05, 0) is 6.07 Å². The van der Waals surface area contributed by atoms with Gasteiger partial charge in [-0.3, -0.25) is 13.6 Å². The summed E-state index contributed by atoms with van der Waals surface area (Å²) >= 11 is 2.02. The topological polar surface area (TPSA) is 76.4 Å². The Morgan fingerprint density at radius 3 is 2.81 bits per heavy atom. The highest BCUT2D eigenvalue weighted by molar-refractivity contribution is 14.1. The van der Waals surface area contributed by atoms with E-state index in [0.717, 1.165) is 6.54 Å². The van der Waals surface area contributed by atoms with Crippen LogP contribution in [0.3, 0.4) is 0 Å². The first-order chi connectivity index (χ1) is 7.69. The van der Waals surface area contributed by atoms with Crippen LogP contribution in [0.15, 0.2) is 18.2 Å². The maximum Gasteiger partial charge on any atom is 0.292 e. The van der Waals surface area contributed by atoms with Crippen molar-refractivity contribution in [1.82, 2.24) is 3.53 Å². The smallest absolute Gasteiger partial charge is 0.292 e. The SMILES string of the molecule is COc1ccc([N+](=O)[O-])c(NCCNI)c1. The van der Waals surface area contributed by atoms with Gasteiger partial charge in [0.25, 0.3) is 5.69 Å². The van der Waals surface area contributed by atoms with Crippen molar-refractivity contribution in [1.29, 1.82) is 0 Å². The van der Waals surface area contributed by atoms with Crippen molar-refractivity contribution >= 4 is 34.2 Å². The van der Waals surface area contributed by atoms with Crippen LogP contribution >= 0.6 is 22.9 Å². The van der Waals surface area contributed by atoms with Gasteiger partial charge in [-0.2, -0.15) is 0 Å². The van der Waals surface area contributed by atoms with E-state index < -0.39 is 4.92 Å². The Hall–Kier alpha value is -1.09. The maximum absolute atomic E-state index is 10.8. The van der Waals surface area contributed by atoms with Crippen LogP contribution in [0.1, 0.15) is 0 Å². The van der Waals surface area contributed by atoms with Gasteiger partial charge in [0.1, 0.15) is 11.4 Å². The van der Waals surface area contributed by atoms with E-state index in [2.05, 4.69) is 8.85 Å². The fourth-order valence-corrected chi connectivity index (χ4v) is 1.46. The average Bonchev–Trinajstić information content (AvgIpc) is 2.29. The lowest BCUT2D eigenvalue weighted by Crippen LogP contribution is -2.14. The summed E-state index contributed by atoms with van der Waals surface area (Å²) in [6.45, 7) is 1.33. The molecule has 2 N–H and O–H groups in total. The molecule has 0 amide bonds. The molecule has 0 spiro atoms. The Kier molecular flexibility index (Phi) is 5.26. The van der Waals surface area contributed by atoms with Gasteiger partial charge in [-0.1, -0.05) is 0 Å². The third-order valence-electron chi connectivity index (χ3n) is 1.94. The molecule has 0 aliphatic heterocycles. The number of ether oxygens (including phenoxy) is 1. The quantitative estimate of drug-likeness (QED) is 0.273. The van der Waals surface area contributed by atoms with Crippen molar-refractivity contribution in [2.75, 3.05) is 25.5 Å². The van der Waals surface area contributed by atoms with Gasteiger partial charge in [0.05, 0.1) is 12.0 Å². The van der Waals surface area contributed by atoms with Crippen molar-refractivity contribution < 1.29 is 9.66 Å². The molecule has 0 aliphatic rings. The van der Waals surface area contributed by atoms with Gasteiger partial charge in [-0.15, -0.1) is 0 Å². The van der Waals surface area contributed by atoms with E-state index in [0.29, 0.717) is 18.0 Å². The molecule has 0 unspecified atom stereocenters. The van der Waals surface area contributed by atoms with Gasteiger partial charge in [-0.25, -0.2) is 0 Å². The molecule has 0 saturated carbocycles. The zero-order valence-corrected chi connectivity index (χ0v) is 10.9. The van der Waals surface area contributed by atoms with Crippen LogP contribution in [-0.2, 0) is 0 Å². The standard InChI is InChI=1S/C9H12IN3O3/c1-16-7-2-3-9(13(14)15)8(6-7)11-4-5-12-10/h2-3,6,11-12H,4-5H2,1H3. The molecule has 0 fully saturated rings. The van der Waals surface area contributed by atoms with Crippen molar-refractivity contribution in [3.63, 3.8) is 0 Å². The van der Waals surface area contributed by atoms with Crippen LogP contribution in [0.25, 0.3) is 0 Å². The predicted molar refractivity (Wildman–Crippen MR) is 70.2 cm³/mol. The van der Waals surface area contributed by atoms with Gasteiger partial charge < -0.3 is 10.1 Å². The number of nitrogens with one attached hydrogen (secondary N) is 2.